The van der Waals surface area contributed by atoms with E-state index in [9.17, 15) is 14.9 Å². The fourth-order valence-corrected chi connectivity index (χ4v) is 2.26. The van der Waals surface area contributed by atoms with Crippen LogP contribution in [0.4, 0.5) is 5.69 Å². The van der Waals surface area contributed by atoms with Crippen LogP contribution in [0.5, 0.6) is 0 Å². The number of rotatable bonds is 5. The second-order valence-corrected chi connectivity index (χ2v) is 5.42. The summed E-state index contributed by atoms with van der Waals surface area (Å²) in [6, 6.07) is 6.03. The van der Waals surface area contributed by atoms with E-state index in [2.05, 4.69) is 12.1 Å². The zero-order valence-corrected chi connectivity index (χ0v) is 12.5. The van der Waals surface area contributed by atoms with E-state index >= 15 is 0 Å². The van der Waals surface area contributed by atoms with Crippen LogP contribution >= 0.6 is 0 Å². The summed E-state index contributed by atoms with van der Waals surface area (Å²) < 4.78 is 0. The highest BCUT2D eigenvalue weighted by Crippen LogP contribution is 2.16. The summed E-state index contributed by atoms with van der Waals surface area (Å²) in [4.78, 5) is 28.8. The first-order valence-electron chi connectivity index (χ1n) is 7.24. The Balaban J connectivity index is 1.79. The van der Waals surface area contributed by atoms with Crippen molar-refractivity contribution in [2.24, 2.45) is 11.1 Å². The number of piperidine rings is 1. The van der Waals surface area contributed by atoms with E-state index in [0.29, 0.717) is 11.5 Å². The molecule has 1 aliphatic rings. The van der Waals surface area contributed by atoms with Crippen molar-refractivity contribution in [1.82, 2.24) is 4.90 Å². The highest BCUT2D eigenvalue weighted by Gasteiger charge is 2.20. The number of nitrogens with zero attached hydrogens (tertiary/aromatic N) is 3. The molecule has 0 saturated carbocycles. The third kappa shape index (κ3) is 4.54. The topological polar surface area (TPSA) is 85.0 Å². The van der Waals surface area contributed by atoms with Gasteiger partial charge in [-0.2, -0.15) is 0 Å². The second-order valence-electron chi connectivity index (χ2n) is 5.42. The van der Waals surface area contributed by atoms with Crippen molar-refractivity contribution in [3.8, 4) is 0 Å². The van der Waals surface area contributed by atoms with Crippen LogP contribution in [0.15, 0.2) is 29.4 Å². The van der Waals surface area contributed by atoms with Gasteiger partial charge in [-0.05, 0) is 18.8 Å². The fraction of sp³-hybridized carbons (Fsp3) is 0.467. The Labute approximate surface area is 128 Å². The Bertz CT molecular complexity index is 566. The predicted molar refractivity (Wildman–Crippen MR) is 81.6 cm³/mol. The maximum atomic E-state index is 11.9. The molecular weight excluding hydrogens is 286 g/mol. The SMILES string of the molecule is CC1CCN(C(=O)CO/N=C/c2cccc([N+](=O)[O-])c2)CC1. The van der Waals surface area contributed by atoms with Crippen LogP contribution in [0.2, 0.25) is 0 Å². The van der Waals surface area contributed by atoms with E-state index in [0.717, 1.165) is 25.9 Å². The third-order valence-electron chi connectivity index (χ3n) is 3.68. The van der Waals surface area contributed by atoms with Gasteiger partial charge in [0.25, 0.3) is 11.6 Å². The smallest absolute Gasteiger partial charge is 0.270 e. The number of non-ortho nitro benzene ring substituents is 1. The molecule has 0 spiro atoms. The summed E-state index contributed by atoms with van der Waals surface area (Å²) in [5.41, 5.74) is 0.538. The van der Waals surface area contributed by atoms with E-state index in [-0.39, 0.29) is 18.2 Å². The molecule has 1 fully saturated rings. The Morgan fingerprint density at radius 3 is 2.91 bits per heavy atom. The quantitative estimate of drug-likeness (QED) is 0.474. The predicted octanol–water partition coefficient (Wildman–Crippen LogP) is 2.20. The standard InChI is InChI=1S/C15H19N3O4/c1-12-5-7-17(8-6-12)15(19)11-22-16-10-13-3-2-4-14(9-13)18(20)21/h2-4,9-10,12H,5-8,11H2,1H3/b16-10+. The number of carbonyl (C=O) groups is 1. The molecule has 0 N–H and O–H groups in total. The van der Waals surface area contributed by atoms with Crippen molar-refractivity contribution in [3.63, 3.8) is 0 Å². The maximum absolute atomic E-state index is 11.9. The van der Waals surface area contributed by atoms with Crippen LogP contribution < -0.4 is 0 Å². The van der Waals surface area contributed by atoms with Gasteiger partial charge in [0.1, 0.15) is 0 Å². The number of carbonyl (C=O) groups excluding carboxylic acids is 1. The second kappa shape index (κ2) is 7.53. The van der Waals surface area contributed by atoms with E-state index in [1.54, 1.807) is 17.0 Å². The van der Waals surface area contributed by atoms with Gasteiger partial charge in [0.2, 0.25) is 0 Å². The van der Waals surface area contributed by atoms with Crippen LogP contribution in [0.1, 0.15) is 25.3 Å². The fourth-order valence-electron chi connectivity index (χ4n) is 2.26. The van der Waals surface area contributed by atoms with Crippen LogP contribution in [-0.4, -0.2) is 41.6 Å². The summed E-state index contributed by atoms with van der Waals surface area (Å²) >= 11 is 0. The largest absolute Gasteiger partial charge is 0.386 e. The lowest BCUT2D eigenvalue weighted by molar-refractivity contribution is -0.384. The first kappa shape index (κ1) is 15.9. The molecule has 1 aliphatic heterocycles. The Hall–Kier alpha value is -2.44. The summed E-state index contributed by atoms with van der Waals surface area (Å²) in [6.07, 6.45) is 3.39. The summed E-state index contributed by atoms with van der Waals surface area (Å²) in [7, 11) is 0. The molecule has 0 aliphatic carbocycles. The van der Waals surface area contributed by atoms with Crippen molar-refractivity contribution >= 4 is 17.8 Å². The van der Waals surface area contributed by atoms with Crippen LogP contribution in [0.3, 0.4) is 0 Å². The van der Waals surface area contributed by atoms with Crippen molar-refractivity contribution in [1.29, 1.82) is 0 Å². The Kier molecular flexibility index (Phi) is 5.46. The summed E-state index contributed by atoms with van der Waals surface area (Å²) in [5, 5.41) is 14.3. The van der Waals surface area contributed by atoms with E-state index < -0.39 is 4.92 Å². The van der Waals surface area contributed by atoms with Gasteiger partial charge in [0.15, 0.2) is 6.61 Å². The van der Waals surface area contributed by atoms with E-state index in [1.807, 2.05) is 0 Å². The zero-order valence-electron chi connectivity index (χ0n) is 12.5. The van der Waals surface area contributed by atoms with Crippen molar-refractivity contribution in [3.05, 3.63) is 39.9 Å². The maximum Gasteiger partial charge on any atom is 0.270 e. The van der Waals surface area contributed by atoms with E-state index in [4.69, 9.17) is 4.84 Å². The number of oxime groups is 1. The van der Waals surface area contributed by atoms with Crippen molar-refractivity contribution in [2.75, 3.05) is 19.7 Å². The minimum atomic E-state index is -0.473. The average molecular weight is 305 g/mol. The normalized spacial score (nSPS) is 16.0. The number of hydrogen-bond donors (Lipinski definition) is 0. The molecule has 118 valence electrons. The van der Waals surface area contributed by atoms with Gasteiger partial charge in [-0.1, -0.05) is 24.2 Å². The lowest BCUT2D eigenvalue weighted by Gasteiger charge is -2.29. The van der Waals surface area contributed by atoms with Gasteiger partial charge >= 0.3 is 0 Å². The number of hydrogen-bond acceptors (Lipinski definition) is 5. The molecule has 22 heavy (non-hydrogen) atoms. The minimum absolute atomic E-state index is 0.0116. The molecular formula is C15H19N3O4. The van der Waals surface area contributed by atoms with Gasteiger partial charge in [-0.3, -0.25) is 14.9 Å². The first-order valence-corrected chi connectivity index (χ1v) is 7.24. The van der Waals surface area contributed by atoms with Gasteiger partial charge < -0.3 is 9.74 Å². The Morgan fingerprint density at radius 1 is 1.50 bits per heavy atom. The Morgan fingerprint density at radius 2 is 2.23 bits per heavy atom. The average Bonchev–Trinajstić information content (AvgIpc) is 2.52. The molecule has 0 atom stereocenters. The molecule has 0 radical (unpaired) electrons. The number of amides is 1. The lowest BCUT2D eigenvalue weighted by atomic mass is 9.99. The molecule has 0 aromatic heterocycles. The van der Waals surface area contributed by atoms with Crippen molar-refractivity contribution in [2.45, 2.75) is 19.8 Å². The zero-order chi connectivity index (χ0) is 15.9. The van der Waals surface area contributed by atoms with Gasteiger partial charge in [0, 0.05) is 30.8 Å². The highest BCUT2D eigenvalue weighted by atomic mass is 16.6. The van der Waals surface area contributed by atoms with Gasteiger partial charge in [0.05, 0.1) is 11.1 Å². The molecule has 1 aromatic carbocycles. The summed E-state index contributed by atoms with van der Waals surface area (Å²) in [6.45, 7) is 3.59. The number of nitro benzene ring substituents is 1. The summed E-state index contributed by atoms with van der Waals surface area (Å²) in [5.74, 6) is 0.583. The molecule has 7 nitrogen and oxygen atoms in total. The molecule has 7 heteroatoms. The molecule has 1 heterocycles. The van der Waals surface area contributed by atoms with Crippen LogP contribution in [0.25, 0.3) is 0 Å². The van der Waals surface area contributed by atoms with Crippen LogP contribution in [-0.2, 0) is 9.63 Å². The molecule has 1 amide bonds. The monoisotopic (exact) mass is 305 g/mol. The minimum Gasteiger partial charge on any atom is -0.386 e. The molecule has 1 saturated heterocycles. The third-order valence-corrected chi connectivity index (χ3v) is 3.68. The number of likely N-dealkylation sites (tertiary alicyclic amines) is 1. The van der Waals surface area contributed by atoms with Crippen LogP contribution in [0, 0.1) is 16.0 Å². The number of nitro groups is 1. The molecule has 2 rings (SSSR count). The molecule has 1 aromatic rings. The number of benzene rings is 1. The van der Waals surface area contributed by atoms with Gasteiger partial charge in [-0.15, -0.1) is 0 Å². The lowest BCUT2D eigenvalue weighted by Crippen LogP contribution is -2.39. The van der Waals surface area contributed by atoms with Crippen molar-refractivity contribution < 1.29 is 14.6 Å². The molecule has 0 bridgehead atoms. The van der Waals surface area contributed by atoms with Gasteiger partial charge in [-0.25, -0.2) is 0 Å². The van der Waals surface area contributed by atoms with E-state index in [1.165, 1.54) is 18.3 Å². The first-order chi connectivity index (χ1) is 10.6. The molecule has 0 unspecified atom stereocenters. The highest BCUT2D eigenvalue weighted by molar-refractivity contribution is 5.80.